The van der Waals surface area contributed by atoms with E-state index in [0.29, 0.717) is 31.0 Å². The van der Waals surface area contributed by atoms with Crippen LogP contribution in [0.3, 0.4) is 0 Å². The van der Waals surface area contributed by atoms with E-state index in [9.17, 15) is 4.79 Å². The maximum atomic E-state index is 10.6. The third-order valence-corrected chi connectivity index (χ3v) is 2.33. The molecule has 1 aromatic rings. The SMILES string of the molecule is O=Cc1cc(N2CCOCC2)nc(Cl)n1. The Hall–Kier alpha value is -1.20. The molecule has 5 nitrogen and oxygen atoms in total. The van der Waals surface area contributed by atoms with Crippen LogP contribution in [0.1, 0.15) is 10.5 Å². The highest BCUT2D eigenvalue weighted by Crippen LogP contribution is 2.15. The maximum absolute atomic E-state index is 10.6. The van der Waals surface area contributed by atoms with Crippen LogP contribution in [0.2, 0.25) is 5.28 Å². The van der Waals surface area contributed by atoms with Crippen molar-refractivity contribution in [3.8, 4) is 0 Å². The molecule has 0 atom stereocenters. The van der Waals surface area contributed by atoms with E-state index < -0.39 is 0 Å². The van der Waals surface area contributed by atoms with E-state index in [-0.39, 0.29) is 5.28 Å². The molecular weight excluding hydrogens is 218 g/mol. The van der Waals surface area contributed by atoms with Gasteiger partial charge in [0, 0.05) is 19.2 Å². The Morgan fingerprint density at radius 1 is 1.40 bits per heavy atom. The molecule has 0 bridgehead atoms. The number of carbonyl (C=O) groups is 1. The highest BCUT2D eigenvalue weighted by molar-refractivity contribution is 6.28. The Balaban J connectivity index is 2.25. The summed E-state index contributed by atoms with van der Waals surface area (Å²) in [6, 6.07) is 1.63. The summed E-state index contributed by atoms with van der Waals surface area (Å²) in [4.78, 5) is 20.5. The average molecular weight is 228 g/mol. The molecule has 0 spiro atoms. The molecule has 0 unspecified atom stereocenters. The van der Waals surface area contributed by atoms with Crippen LogP contribution >= 0.6 is 11.6 Å². The second-order valence-electron chi connectivity index (χ2n) is 3.14. The first kappa shape index (κ1) is 10.3. The van der Waals surface area contributed by atoms with Gasteiger partial charge >= 0.3 is 0 Å². The van der Waals surface area contributed by atoms with Crippen LogP contribution < -0.4 is 4.90 Å². The van der Waals surface area contributed by atoms with Crippen molar-refractivity contribution in [2.45, 2.75) is 0 Å². The molecule has 1 aromatic heterocycles. The lowest BCUT2D eigenvalue weighted by molar-refractivity contribution is 0.111. The van der Waals surface area contributed by atoms with Gasteiger partial charge < -0.3 is 9.64 Å². The standard InChI is InChI=1S/C9H10ClN3O2/c10-9-11-7(6-14)5-8(12-9)13-1-3-15-4-2-13/h5-6H,1-4H2. The van der Waals surface area contributed by atoms with Crippen LogP contribution in [0.15, 0.2) is 6.07 Å². The second-order valence-corrected chi connectivity index (χ2v) is 3.48. The van der Waals surface area contributed by atoms with Gasteiger partial charge in [-0.05, 0) is 11.6 Å². The number of anilines is 1. The molecule has 1 aliphatic heterocycles. The first-order valence-corrected chi connectivity index (χ1v) is 5.00. The Morgan fingerprint density at radius 2 is 2.13 bits per heavy atom. The number of rotatable bonds is 2. The molecule has 0 amide bonds. The number of ether oxygens (including phenoxy) is 1. The molecule has 1 saturated heterocycles. The summed E-state index contributed by atoms with van der Waals surface area (Å²) in [6.07, 6.45) is 0.664. The highest BCUT2D eigenvalue weighted by atomic mass is 35.5. The zero-order valence-electron chi connectivity index (χ0n) is 8.02. The third-order valence-electron chi connectivity index (χ3n) is 2.16. The van der Waals surface area contributed by atoms with Crippen molar-refractivity contribution in [2.24, 2.45) is 0 Å². The predicted octanol–water partition coefficient (Wildman–Crippen LogP) is 0.779. The highest BCUT2D eigenvalue weighted by Gasteiger charge is 2.14. The monoisotopic (exact) mass is 227 g/mol. The summed E-state index contributed by atoms with van der Waals surface area (Å²) in [5.41, 5.74) is 0.302. The smallest absolute Gasteiger partial charge is 0.224 e. The lowest BCUT2D eigenvalue weighted by Gasteiger charge is -2.27. The minimum atomic E-state index is 0.0982. The van der Waals surface area contributed by atoms with Crippen molar-refractivity contribution in [1.29, 1.82) is 0 Å². The van der Waals surface area contributed by atoms with Crippen LogP contribution in [-0.4, -0.2) is 42.6 Å². The minimum absolute atomic E-state index is 0.0982. The molecule has 15 heavy (non-hydrogen) atoms. The molecule has 0 N–H and O–H groups in total. The van der Waals surface area contributed by atoms with E-state index in [0.717, 1.165) is 13.1 Å². The Morgan fingerprint density at radius 3 is 2.80 bits per heavy atom. The number of hydrogen-bond donors (Lipinski definition) is 0. The number of hydrogen-bond acceptors (Lipinski definition) is 5. The van der Waals surface area contributed by atoms with Crippen LogP contribution in [0.5, 0.6) is 0 Å². The third kappa shape index (κ3) is 2.43. The van der Waals surface area contributed by atoms with Gasteiger partial charge in [0.15, 0.2) is 6.29 Å². The van der Waals surface area contributed by atoms with Gasteiger partial charge in [0.1, 0.15) is 11.5 Å². The number of halogens is 1. The van der Waals surface area contributed by atoms with E-state index >= 15 is 0 Å². The fraction of sp³-hybridized carbons (Fsp3) is 0.444. The van der Waals surface area contributed by atoms with Gasteiger partial charge in [0.25, 0.3) is 0 Å². The number of aromatic nitrogens is 2. The minimum Gasteiger partial charge on any atom is -0.378 e. The van der Waals surface area contributed by atoms with Crippen molar-refractivity contribution < 1.29 is 9.53 Å². The summed E-state index contributed by atoms with van der Waals surface area (Å²) in [5, 5.41) is 0.0982. The lowest BCUT2D eigenvalue weighted by atomic mass is 10.3. The molecule has 0 radical (unpaired) electrons. The molecule has 1 fully saturated rings. The predicted molar refractivity (Wildman–Crippen MR) is 55.5 cm³/mol. The van der Waals surface area contributed by atoms with E-state index in [1.165, 1.54) is 0 Å². The zero-order chi connectivity index (χ0) is 10.7. The summed E-state index contributed by atoms with van der Waals surface area (Å²) in [5.74, 6) is 0.681. The average Bonchev–Trinajstić information content (AvgIpc) is 2.29. The van der Waals surface area contributed by atoms with E-state index in [1.807, 2.05) is 4.90 Å². The number of carbonyl (C=O) groups excluding carboxylic acids is 1. The molecule has 2 rings (SSSR count). The van der Waals surface area contributed by atoms with Crippen molar-refractivity contribution >= 4 is 23.7 Å². The summed E-state index contributed by atoms with van der Waals surface area (Å²) in [6.45, 7) is 2.84. The van der Waals surface area contributed by atoms with Gasteiger partial charge in [-0.3, -0.25) is 4.79 Å². The van der Waals surface area contributed by atoms with Gasteiger partial charge in [-0.2, -0.15) is 0 Å². The molecule has 6 heteroatoms. The van der Waals surface area contributed by atoms with Gasteiger partial charge in [0.05, 0.1) is 13.2 Å². The molecular formula is C9H10ClN3O2. The van der Waals surface area contributed by atoms with Crippen LogP contribution in [0.4, 0.5) is 5.82 Å². The van der Waals surface area contributed by atoms with E-state index in [1.54, 1.807) is 6.07 Å². The number of aldehydes is 1. The fourth-order valence-corrected chi connectivity index (χ4v) is 1.62. The van der Waals surface area contributed by atoms with E-state index in [2.05, 4.69) is 9.97 Å². The topological polar surface area (TPSA) is 55.3 Å². The first-order valence-electron chi connectivity index (χ1n) is 4.62. The summed E-state index contributed by atoms with van der Waals surface area (Å²) < 4.78 is 5.22. The van der Waals surface area contributed by atoms with Crippen LogP contribution in [0.25, 0.3) is 0 Å². The van der Waals surface area contributed by atoms with Gasteiger partial charge in [-0.25, -0.2) is 9.97 Å². The first-order chi connectivity index (χ1) is 7.29. The van der Waals surface area contributed by atoms with Crippen LogP contribution in [-0.2, 0) is 4.74 Å². The fourth-order valence-electron chi connectivity index (χ4n) is 1.44. The summed E-state index contributed by atoms with van der Waals surface area (Å²) in [7, 11) is 0. The molecule has 0 aliphatic carbocycles. The normalized spacial score (nSPS) is 16.5. The van der Waals surface area contributed by atoms with Crippen molar-refractivity contribution in [3.05, 3.63) is 17.0 Å². The van der Waals surface area contributed by atoms with Gasteiger partial charge in [0.2, 0.25) is 5.28 Å². The Kier molecular flexibility index (Phi) is 3.13. The second kappa shape index (κ2) is 4.55. The quantitative estimate of drug-likeness (QED) is 0.552. The molecule has 0 aromatic carbocycles. The van der Waals surface area contributed by atoms with Crippen molar-refractivity contribution in [1.82, 2.24) is 9.97 Å². The Bertz CT molecular complexity index is 366. The largest absolute Gasteiger partial charge is 0.378 e. The van der Waals surface area contributed by atoms with Crippen molar-refractivity contribution in [2.75, 3.05) is 31.2 Å². The van der Waals surface area contributed by atoms with Gasteiger partial charge in [-0.1, -0.05) is 0 Å². The zero-order valence-corrected chi connectivity index (χ0v) is 8.78. The van der Waals surface area contributed by atoms with E-state index in [4.69, 9.17) is 16.3 Å². The van der Waals surface area contributed by atoms with Gasteiger partial charge in [-0.15, -0.1) is 0 Å². The number of morpholine rings is 1. The molecule has 0 saturated carbocycles. The maximum Gasteiger partial charge on any atom is 0.224 e. The van der Waals surface area contributed by atoms with Crippen molar-refractivity contribution in [3.63, 3.8) is 0 Å². The molecule has 80 valence electrons. The number of nitrogens with zero attached hydrogens (tertiary/aromatic N) is 3. The lowest BCUT2D eigenvalue weighted by Crippen LogP contribution is -2.36. The summed E-state index contributed by atoms with van der Waals surface area (Å²) >= 11 is 5.71. The van der Waals surface area contributed by atoms with Crippen LogP contribution in [0, 0.1) is 0 Å². The Labute approximate surface area is 92.0 Å². The molecule has 1 aliphatic rings. The molecule has 2 heterocycles.